The molecule has 1 unspecified atom stereocenters. The van der Waals surface area contributed by atoms with Gasteiger partial charge in [0, 0.05) is 32.5 Å². The van der Waals surface area contributed by atoms with E-state index in [1.165, 1.54) is 0 Å². The van der Waals surface area contributed by atoms with Crippen LogP contribution in [0.5, 0.6) is 0 Å². The number of nitrogens with zero attached hydrogens (tertiary/aromatic N) is 3. The summed E-state index contributed by atoms with van der Waals surface area (Å²) in [7, 11) is 0. The number of carbonyl (C=O) groups excluding carboxylic acids is 1. The van der Waals surface area contributed by atoms with E-state index in [1.54, 1.807) is 4.90 Å². The van der Waals surface area contributed by atoms with E-state index in [-0.39, 0.29) is 12.7 Å². The van der Waals surface area contributed by atoms with Gasteiger partial charge in [-0.2, -0.15) is 4.98 Å². The zero-order valence-corrected chi connectivity index (χ0v) is 14.2. The first-order valence-corrected chi connectivity index (χ1v) is 8.27. The van der Waals surface area contributed by atoms with Crippen molar-refractivity contribution in [3.05, 3.63) is 11.7 Å². The Balaban J connectivity index is 1.86. The number of aromatic nitrogens is 2. The van der Waals surface area contributed by atoms with E-state index in [1.807, 2.05) is 20.8 Å². The molecule has 1 aromatic rings. The van der Waals surface area contributed by atoms with Gasteiger partial charge in [-0.25, -0.2) is 4.79 Å². The molecule has 1 amide bonds. The summed E-state index contributed by atoms with van der Waals surface area (Å²) in [6.45, 7) is 7.14. The number of hydrogen-bond donors (Lipinski definition) is 1. The largest absolute Gasteiger partial charge is 0.444 e. The van der Waals surface area contributed by atoms with Crippen LogP contribution in [0.4, 0.5) is 4.79 Å². The maximum atomic E-state index is 12.2. The van der Waals surface area contributed by atoms with E-state index in [0.717, 1.165) is 19.4 Å². The highest BCUT2D eigenvalue weighted by atomic mass is 16.6. The van der Waals surface area contributed by atoms with Gasteiger partial charge in [-0.05, 0) is 46.0 Å². The van der Waals surface area contributed by atoms with Crippen LogP contribution in [0.2, 0.25) is 0 Å². The molecule has 2 heterocycles. The standard InChI is InChI=1S/C16H27N3O4/c1-16(2,3)22-15(21)19-8-4-6-12(11-19)10-13-17-14(23-18-13)7-5-9-20/h12,20H,4-11H2,1-3H3. The van der Waals surface area contributed by atoms with Gasteiger partial charge >= 0.3 is 6.09 Å². The van der Waals surface area contributed by atoms with Crippen molar-refractivity contribution in [2.45, 2.75) is 58.5 Å². The second-order valence-electron chi connectivity index (χ2n) is 7.07. The molecule has 0 spiro atoms. The van der Waals surface area contributed by atoms with Gasteiger partial charge in [-0.3, -0.25) is 0 Å². The monoisotopic (exact) mass is 325 g/mol. The molecular formula is C16H27N3O4. The SMILES string of the molecule is CC(C)(C)OC(=O)N1CCCC(Cc2noc(CCCO)n2)C1. The van der Waals surface area contributed by atoms with Crippen LogP contribution < -0.4 is 0 Å². The molecular weight excluding hydrogens is 298 g/mol. The zero-order chi connectivity index (χ0) is 16.9. The van der Waals surface area contributed by atoms with E-state index in [0.29, 0.717) is 43.4 Å². The van der Waals surface area contributed by atoms with Gasteiger partial charge in [0.05, 0.1) is 0 Å². The summed E-state index contributed by atoms with van der Waals surface area (Å²) >= 11 is 0. The van der Waals surface area contributed by atoms with Crippen LogP contribution in [0.25, 0.3) is 0 Å². The van der Waals surface area contributed by atoms with Crippen LogP contribution in [0.3, 0.4) is 0 Å². The van der Waals surface area contributed by atoms with Crippen molar-refractivity contribution in [1.29, 1.82) is 0 Å². The molecule has 1 aliphatic rings. The molecule has 1 atom stereocenters. The lowest BCUT2D eigenvalue weighted by Gasteiger charge is -2.33. The summed E-state index contributed by atoms with van der Waals surface area (Å²) in [6.07, 6.45) is 3.66. The lowest BCUT2D eigenvalue weighted by molar-refractivity contribution is 0.0165. The number of piperidine rings is 1. The quantitative estimate of drug-likeness (QED) is 0.892. The van der Waals surface area contributed by atoms with Crippen LogP contribution in [-0.2, 0) is 17.6 Å². The highest BCUT2D eigenvalue weighted by molar-refractivity contribution is 5.68. The van der Waals surface area contributed by atoms with Gasteiger partial charge in [0.1, 0.15) is 5.60 Å². The lowest BCUT2D eigenvalue weighted by atomic mass is 9.95. The maximum Gasteiger partial charge on any atom is 0.410 e. The van der Waals surface area contributed by atoms with Crippen LogP contribution >= 0.6 is 0 Å². The normalized spacial score (nSPS) is 19.0. The Morgan fingerprint density at radius 3 is 2.96 bits per heavy atom. The number of carbonyl (C=O) groups is 1. The zero-order valence-electron chi connectivity index (χ0n) is 14.2. The molecule has 1 aliphatic heterocycles. The lowest BCUT2D eigenvalue weighted by Crippen LogP contribution is -2.43. The molecule has 0 radical (unpaired) electrons. The molecule has 7 heteroatoms. The first-order chi connectivity index (χ1) is 10.9. The predicted octanol–water partition coefficient (Wildman–Crippen LogP) is 2.18. The summed E-state index contributed by atoms with van der Waals surface area (Å²) in [5.41, 5.74) is -0.473. The van der Waals surface area contributed by atoms with E-state index in [4.69, 9.17) is 14.4 Å². The molecule has 1 aromatic heterocycles. The van der Waals surface area contributed by atoms with Gasteiger partial charge < -0.3 is 19.3 Å². The Hall–Kier alpha value is -1.63. The summed E-state index contributed by atoms with van der Waals surface area (Å²) in [5, 5.41) is 12.8. The van der Waals surface area contributed by atoms with Gasteiger partial charge in [-0.15, -0.1) is 0 Å². The number of aryl methyl sites for hydroxylation is 1. The Labute approximate surface area is 137 Å². The second kappa shape index (κ2) is 7.77. The Morgan fingerprint density at radius 2 is 2.26 bits per heavy atom. The van der Waals surface area contributed by atoms with Crippen molar-refractivity contribution >= 4 is 6.09 Å². The number of likely N-dealkylation sites (tertiary alicyclic amines) is 1. The van der Waals surface area contributed by atoms with Crippen LogP contribution in [0, 0.1) is 5.92 Å². The third-order valence-corrected chi connectivity index (χ3v) is 3.70. The molecule has 0 bridgehead atoms. The summed E-state index contributed by atoms with van der Waals surface area (Å²) in [4.78, 5) is 18.3. The average molecular weight is 325 g/mol. The fourth-order valence-corrected chi connectivity index (χ4v) is 2.69. The van der Waals surface area contributed by atoms with Crippen molar-refractivity contribution in [3.63, 3.8) is 0 Å². The topological polar surface area (TPSA) is 88.7 Å². The molecule has 2 rings (SSSR count). The molecule has 7 nitrogen and oxygen atoms in total. The Kier molecular flexibility index (Phi) is 5.98. The van der Waals surface area contributed by atoms with E-state index in [9.17, 15) is 4.79 Å². The fraction of sp³-hybridized carbons (Fsp3) is 0.812. The maximum absolute atomic E-state index is 12.2. The first-order valence-electron chi connectivity index (χ1n) is 8.27. The van der Waals surface area contributed by atoms with Crippen molar-refractivity contribution in [2.24, 2.45) is 5.92 Å². The van der Waals surface area contributed by atoms with Crippen molar-refractivity contribution in [2.75, 3.05) is 19.7 Å². The van der Waals surface area contributed by atoms with Crippen molar-refractivity contribution < 1.29 is 19.2 Å². The third-order valence-electron chi connectivity index (χ3n) is 3.70. The number of aliphatic hydroxyl groups is 1. The smallest absolute Gasteiger partial charge is 0.410 e. The molecule has 1 fully saturated rings. The van der Waals surface area contributed by atoms with Crippen molar-refractivity contribution in [3.8, 4) is 0 Å². The van der Waals surface area contributed by atoms with E-state index < -0.39 is 5.60 Å². The first kappa shape index (κ1) is 17.7. The van der Waals surface area contributed by atoms with Gasteiger partial charge in [0.25, 0.3) is 0 Å². The fourth-order valence-electron chi connectivity index (χ4n) is 2.69. The van der Waals surface area contributed by atoms with Gasteiger partial charge in [0.2, 0.25) is 5.89 Å². The minimum atomic E-state index is -0.473. The molecule has 1 saturated heterocycles. The summed E-state index contributed by atoms with van der Waals surface area (Å²) in [5.74, 6) is 1.56. The molecule has 1 N–H and O–H groups in total. The number of ether oxygens (including phenoxy) is 1. The molecule has 0 aliphatic carbocycles. The number of amides is 1. The van der Waals surface area contributed by atoms with Crippen LogP contribution in [-0.4, -0.2) is 51.5 Å². The van der Waals surface area contributed by atoms with Crippen molar-refractivity contribution in [1.82, 2.24) is 15.0 Å². The summed E-state index contributed by atoms with van der Waals surface area (Å²) in [6, 6.07) is 0. The molecule has 0 aromatic carbocycles. The molecule has 23 heavy (non-hydrogen) atoms. The Morgan fingerprint density at radius 1 is 1.48 bits per heavy atom. The number of aliphatic hydroxyl groups excluding tert-OH is 1. The highest BCUT2D eigenvalue weighted by Crippen LogP contribution is 2.22. The predicted molar refractivity (Wildman–Crippen MR) is 83.9 cm³/mol. The summed E-state index contributed by atoms with van der Waals surface area (Å²) < 4.78 is 10.6. The molecule has 130 valence electrons. The van der Waals surface area contributed by atoms with E-state index in [2.05, 4.69) is 10.1 Å². The average Bonchev–Trinajstić information content (AvgIpc) is 2.91. The number of hydrogen-bond acceptors (Lipinski definition) is 6. The Bertz CT molecular complexity index is 510. The second-order valence-corrected chi connectivity index (χ2v) is 7.07. The third kappa shape index (κ3) is 5.82. The number of rotatable bonds is 5. The highest BCUT2D eigenvalue weighted by Gasteiger charge is 2.28. The minimum Gasteiger partial charge on any atom is -0.444 e. The molecule has 0 saturated carbocycles. The minimum absolute atomic E-state index is 0.116. The van der Waals surface area contributed by atoms with E-state index >= 15 is 0 Å². The van der Waals surface area contributed by atoms with Gasteiger partial charge in [-0.1, -0.05) is 5.16 Å². The van der Waals surface area contributed by atoms with Gasteiger partial charge in [0.15, 0.2) is 5.82 Å². The van der Waals surface area contributed by atoms with Crippen LogP contribution in [0.15, 0.2) is 4.52 Å². The van der Waals surface area contributed by atoms with Crippen LogP contribution in [0.1, 0.15) is 51.7 Å².